The molecule has 2 saturated heterocycles. The molecule has 2 fully saturated rings. The molecule has 0 radical (unpaired) electrons. The van der Waals surface area contributed by atoms with E-state index in [-0.39, 0.29) is 45.0 Å². The molecule has 0 aromatic carbocycles. The molecule has 15 nitrogen and oxygen atoms in total. The molecular formula is C15H21ClN2O13. The Hall–Kier alpha value is -2.65. The predicted octanol–water partition coefficient (Wildman–Crippen LogP) is 0.412. The lowest BCUT2D eigenvalue weighted by Gasteiger charge is -2.17. The van der Waals surface area contributed by atoms with Crippen LogP contribution in [0.5, 0.6) is 0 Å². The number of alkyl halides is 1. The van der Waals surface area contributed by atoms with Gasteiger partial charge in [0.2, 0.25) is 0 Å². The summed E-state index contributed by atoms with van der Waals surface area (Å²) < 4.78 is 26.2. The van der Waals surface area contributed by atoms with Crippen molar-refractivity contribution in [2.75, 3.05) is 32.3 Å². The number of halogens is 1. The summed E-state index contributed by atoms with van der Waals surface area (Å²) in [6, 6.07) is 0. The molecule has 31 heavy (non-hydrogen) atoms. The zero-order valence-corrected chi connectivity index (χ0v) is 16.9. The van der Waals surface area contributed by atoms with Gasteiger partial charge in [0.25, 0.3) is 10.2 Å². The number of rotatable bonds is 13. The Labute approximate surface area is 179 Å². The highest BCUT2D eigenvalue weighted by Gasteiger charge is 2.51. The normalized spacial score (nSPS) is 25.2. The average molecular weight is 473 g/mol. The van der Waals surface area contributed by atoms with Gasteiger partial charge < -0.3 is 33.4 Å². The van der Waals surface area contributed by atoms with Gasteiger partial charge in [-0.1, -0.05) is 0 Å². The summed E-state index contributed by atoms with van der Waals surface area (Å²) in [4.78, 5) is 52.6. The quantitative estimate of drug-likeness (QED) is 0.155. The third-order valence-corrected chi connectivity index (χ3v) is 4.45. The third-order valence-electron chi connectivity index (χ3n) is 4.30. The molecule has 0 aliphatic carbocycles. The first kappa shape index (κ1) is 24.6. The van der Waals surface area contributed by atoms with Gasteiger partial charge in [-0.3, -0.25) is 4.79 Å². The minimum Gasteiger partial charge on any atom is -0.457 e. The van der Waals surface area contributed by atoms with Gasteiger partial charge in [0.15, 0.2) is 12.2 Å². The minimum atomic E-state index is -1.21. The lowest BCUT2D eigenvalue weighted by atomic mass is 10.1. The maximum Gasteiger partial charge on any atom is 0.508 e. The van der Waals surface area contributed by atoms with Crippen molar-refractivity contribution >= 4 is 23.7 Å². The fraction of sp³-hybridized carbons (Fsp3) is 0.867. The molecule has 0 spiro atoms. The molecule has 0 amide bonds. The van der Waals surface area contributed by atoms with Crippen LogP contribution in [-0.4, -0.2) is 85.1 Å². The first-order valence-corrected chi connectivity index (χ1v) is 9.74. The van der Waals surface area contributed by atoms with Crippen molar-refractivity contribution in [3.8, 4) is 0 Å². The monoisotopic (exact) mass is 472 g/mol. The van der Waals surface area contributed by atoms with E-state index < -0.39 is 59.4 Å². The van der Waals surface area contributed by atoms with Gasteiger partial charge in [0.05, 0.1) is 19.1 Å². The van der Waals surface area contributed by atoms with E-state index >= 15 is 0 Å². The third kappa shape index (κ3) is 8.18. The summed E-state index contributed by atoms with van der Waals surface area (Å²) in [5.74, 6) is -0.503. The van der Waals surface area contributed by atoms with Crippen molar-refractivity contribution in [1.82, 2.24) is 0 Å². The zero-order valence-electron chi connectivity index (χ0n) is 16.1. The van der Waals surface area contributed by atoms with Crippen molar-refractivity contribution < 1.29 is 53.1 Å². The zero-order chi connectivity index (χ0) is 22.8. The number of hydrogen-bond donors (Lipinski definition) is 0. The van der Waals surface area contributed by atoms with Gasteiger partial charge in [0, 0.05) is 6.42 Å². The molecule has 5 atom stereocenters. The second kappa shape index (κ2) is 12.3. The molecule has 1 unspecified atom stereocenters. The van der Waals surface area contributed by atoms with E-state index in [9.17, 15) is 29.8 Å². The lowest BCUT2D eigenvalue weighted by Crippen LogP contribution is -2.36. The summed E-state index contributed by atoms with van der Waals surface area (Å²) in [5.41, 5.74) is 0. The van der Waals surface area contributed by atoms with Crippen LogP contribution in [0.1, 0.15) is 19.3 Å². The highest BCUT2D eigenvalue weighted by Crippen LogP contribution is 2.31. The van der Waals surface area contributed by atoms with Gasteiger partial charge in [-0.05, 0) is 12.8 Å². The van der Waals surface area contributed by atoms with E-state index in [1.165, 1.54) is 0 Å². The van der Waals surface area contributed by atoms with E-state index in [1.54, 1.807) is 0 Å². The molecule has 176 valence electrons. The van der Waals surface area contributed by atoms with Crippen LogP contribution in [0, 0.1) is 20.2 Å². The highest BCUT2D eigenvalue weighted by molar-refractivity contribution is 6.18. The number of nitrogens with zero attached hydrogens (tertiary/aromatic N) is 2. The molecule has 2 aliphatic rings. The summed E-state index contributed by atoms with van der Waals surface area (Å²) in [7, 11) is 0. The molecule has 0 aromatic heterocycles. The predicted molar refractivity (Wildman–Crippen MR) is 95.0 cm³/mol. The van der Waals surface area contributed by atoms with Crippen LogP contribution in [-0.2, 0) is 38.2 Å². The van der Waals surface area contributed by atoms with Gasteiger partial charge >= 0.3 is 12.1 Å². The minimum absolute atomic E-state index is 0.00508. The largest absolute Gasteiger partial charge is 0.508 e. The van der Waals surface area contributed by atoms with Crippen LogP contribution >= 0.6 is 11.6 Å². The first-order chi connectivity index (χ1) is 14.8. The summed E-state index contributed by atoms with van der Waals surface area (Å²) >= 11 is 5.42. The number of fused-ring (bicyclic) bond motifs is 1. The Morgan fingerprint density at radius 1 is 1.06 bits per heavy atom. The molecule has 2 rings (SSSR count). The van der Waals surface area contributed by atoms with Crippen LogP contribution < -0.4 is 0 Å². The summed E-state index contributed by atoms with van der Waals surface area (Å²) in [6.07, 6.45) is -4.91. The van der Waals surface area contributed by atoms with E-state index in [4.69, 9.17) is 35.3 Å². The number of carbonyl (C=O) groups is 2. The maximum absolute atomic E-state index is 12.1. The van der Waals surface area contributed by atoms with Crippen molar-refractivity contribution in [2.24, 2.45) is 0 Å². The van der Waals surface area contributed by atoms with Crippen LogP contribution in [0.15, 0.2) is 0 Å². The average Bonchev–Trinajstić information content (AvgIpc) is 3.27. The van der Waals surface area contributed by atoms with E-state index in [2.05, 4.69) is 9.68 Å². The Bertz CT molecular complexity index is 650. The molecular weight excluding hydrogens is 452 g/mol. The van der Waals surface area contributed by atoms with Gasteiger partial charge in [-0.15, -0.1) is 31.8 Å². The molecule has 0 saturated carbocycles. The van der Waals surface area contributed by atoms with Crippen molar-refractivity contribution in [3.63, 3.8) is 0 Å². The second-order valence-corrected chi connectivity index (χ2v) is 6.81. The van der Waals surface area contributed by atoms with Crippen LogP contribution in [0.4, 0.5) is 4.79 Å². The lowest BCUT2D eigenvalue weighted by molar-refractivity contribution is -0.790. The van der Waals surface area contributed by atoms with Gasteiger partial charge in [-0.2, -0.15) is 0 Å². The Kier molecular flexibility index (Phi) is 9.74. The van der Waals surface area contributed by atoms with Crippen molar-refractivity contribution in [2.45, 2.75) is 49.8 Å². The van der Waals surface area contributed by atoms with Gasteiger partial charge in [0.1, 0.15) is 31.5 Å². The molecule has 0 N–H and O–H groups in total. The Balaban J connectivity index is 1.72. The Morgan fingerprint density at radius 2 is 1.71 bits per heavy atom. The molecule has 0 bridgehead atoms. The summed E-state index contributed by atoms with van der Waals surface area (Å²) in [6.45, 7) is -0.586. The first-order valence-electron chi connectivity index (χ1n) is 9.20. The van der Waals surface area contributed by atoms with Crippen LogP contribution in [0.25, 0.3) is 0 Å². The number of esters is 1. The van der Waals surface area contributed by atoms with E-state index in [0.717, 1.165) is 0 Å². The SMILES string of the molecule is O=C(CCCC(CO[N+](=O)[O-])O[N+](=O)[O-])O[C@@H]1CO[C@H]2[C@@H]1OC[C@H]2OC(=O)OCCCl. The van der Waals surface area contributed by atoms with E-state index in [1.807, 2.05) is 0 Å². The summed E-state index contributed by atoms with van der Waals surface area (Å²) in [5, 5.41) is 18.4. The second-order valence-electron chi connectivity index (χ2n) is 6.43. The highest BCUT2D eigenvalue weighted by atomic mass is 35.5. The standard InChI is InChI=1S/C15H21ClN2O13/c16-4-5-25-15(20)30-11-8-27-13-10(7-26-14(11)13)29-12(19)3-1-2-9(31-18(23)24)6-28-17(21)22/h9-11,13-14H,1-8H2/t9?,10-,11-,13-,14-/m1/s1. The number of ether oxygens (including phenoxy) is 5. The molecule has 0 aromatic rings. The molecule has 2 heterocycles. The smallest absolute Gasteiger partial charge is 0.457 e. The number of hydrogen-bond acceptors (Lipinski definition) is 13. The topological polar surface area (TPSA) is 185 Å². The fourth-order valence-corrected chi connectivity index (χ4v) is 3.12. The van der Waals surface area contributed by atoms with Gasteiger partial charge in [-0.25, -0.2) is 4.79 Å². The van der Waals surface area contributed by atoms with E-state index in [0.29, 0.717) is 0 Å². The van der Waals surface area contributed by atoms with Crippen LogP contribution in [0.2, 0.25) is 0 Å². The van der Waals surface area contributed by atoms with Crippen LogP contribution in [0.3, 0.4) is 0 Å². The van der Waals surface area contributed by atoms with Crippen molar-refractivity contribution in [3.05, 3.63) is 20.2 Å². The van der Waals surface area contributed by atoms with Crippen molar-refractivity contribution in [1.29, 1.82) is 0 Å². The fourth-order valence-electron chi connectivity index (χ4n) is 3.04. The number of carbonyl (C=O) groups excluding carboxylic acids is 2. The molecule has 2 aliphatic heterocycles. The Morgan fingerprint density at radius 3 is 2.29 bits per heavy atom. The molecule has 16 heteroatoms. The maximum atomic E-state index is 12.1.